The van der Waals surface area contributed by atoms with E-state index in [-0.39, 0.29) is 0 Å². The van der Waals surface area contributed by atoms with Gasteiger partial charge in [-0.05, 0) is 54.0 Å². The van der Waals surface area contributed by atoms with Crippen molar-refractivity contribution in [2.24, 2.45) is 5.92 Å². The fourth-order valence-electron chi connectivity index (χ4n) is 5.26. The molecule has 0 saturated heterocycles. The third kappa shape index (κ3) is 3.56. The van der Waals surface area contributed by atoms with Crippen molar-refractivity contribution in [3.8, 4) is 11.3 Å². The molecule has 0 aliphatic carbocycles. The SMILES string of the molecule is C=[N+]1C=CC(C(CC)CC)=C[C-]1c1c(C)ccc2c1[o+][c-]1ccc(-c3c(C)cccc3C)nc21. The summed E-state index contributed by atoms with van der Waals surface area (Å²) in [5, 5.41) is 1.04. The molecular weight excluding hydrogens is 416 g/mol. The number of aryl methyl sites for hydroxylation is 3. The monoisotopic (exact) mass is 448 g/mol. The fraction of sp³-hybridized carbons (Fsp3) is 0.258. The Labute approximate surface area is 202 Å². The highest BCUT2D eigenvalue weighted by atomic mass is 16.3. The second-order valence-electron chi connectivity index (χ2n) is 9.37. The van der Waals surface area contributed by atoms with E-state index in [1.54, 1.807) is 0 Å². The van der Waals surface area contributed by atoms with Crippen molar-refractivity contribution in [3.63, 3.8) is 0 Å². The van der Waals surface area contributed by atoms with Crippen molar-refractivity contribution in [2.45, 2.75) is 47.5 Å². The van der Waals surface area contributed by atoms with Gasteiger partial charge in [-0.2, -0.15) is 0 Å². The van der Waals surface area contributed by atoms with Crippen LogP contribution in [-0.2, 0) is 0 Å². The molecule has 2 aromatic heterocycles. The van der Waals surface area contributed by atoms with Gasteiger partial charge in [0.25, 0.3) is 11.2 Å². The Morgan fingerprint density at radius 2 is 1.74 bits per heavy atom. The van der Waals surface area contributed by atoms with E-state index in [0.717, 1.165) is 52.2 Å². The number of hydrogen-bond donors (Lipinski definition) is 0. The Morgan fingerprint density at radius 3 is 2.44 bits per heavy atom. The summed E-state index contributed by atoms with van der Waals surface area (Å²) in [6.07, 6.45) is 8.79. The van der Waals surface area contributed by atoms with Crippen molar-refractivity contribution in [1.82, 2.24) is 4.98 Å². The number of hydrogen-bond acceptors (Lipinski definition) is 1. The summed E-state index contributed by atoms with van der Waals surface area (Å²) in [6, 6.07) is 15.9. The lowest BCUT2D eigenvalue weighted by atomic mass is 9.88. The van der Waals surface area contributed by atoms with Crippen LogP contribution in [-0.4, -0.2) is 16.3 Å². The minimum absolute atomic E-state index is 0.539. The Morgan fingerprint density at radius 1 is 1.00 bits per heavy atom. The fourth-order valence-corrected chi connectivity index (χ4v) is 5.26. The van der Waals surface area contributed by atoms with Gasteiger partial charge in [0.15, 0.2) is 6.04 Å². The first-order valence-corrected chi connectivity index (χ1v) is 12.2. The lowest BCUT2D eigenvalue weighted by Crippen LogP contribution is -2.18. The molecule has 1 aliphatic heterocycles. The standard InChI is InChI=1S/C31H32N2O/c1-7-22(8-2)23-16-17-33(6)26(18-23)29-21(5)12-13-24-30-27(34-31(24)29)15-14-25(32-30)28-19(3)10-9-11-20(28)4/h9-18,22H,6-8H2,1-5H3. The summed E-state index contributed by atoms with van der Waals surface area (Å²) < 4.78 is 8.43. The second kappa shape index (κ2) is 8.64. The minimum Gasteiger partial charge on any atom is -0.303 e. The molecule has 0 unspecified atom stereocenters. The lowest BCUT2D eigenvalue weighted by molar-refractivity contribution is -0.418. The van der Waals surface area contributed by atoms with E-state index < -0.39 is 0 Å². The Hall–Kier alpha value is -3.59. The number of benzene rings is 2. The predicted molar refractivity (Wildman–Crippen MR) is 142 cm³/mol. The summed E-state index contributed by atoms with van der Waals surface area (Å²) in [5.41, 5.74) is 10.8. The lowest BCUT2D eigenvalue weighted by Gasteiger charge is -2.24. The number of nitrogens with zero attached hydrogens (tertiary/aromatic N) is 2. The van der Waals surface area contributed by atoms with Gasteiger partial charge in [-0.3, -0.25) is 9.56 Å². The van der Waals surface area contributed by atoms with Gasteiger partial charge < -0.3 is 4.42 Å². The number of aromatic nitrogens is 1. The van der Waals surface area contributed by atoms with E-state index >= 15 is 0 Å². The summed E-state index contributed by atoms with van der Waals surface area (Å²) in [4.78, 5) is 5.10. The molecule has 172 valence electrons. The third-order valence-electron chi connectivity index (χ3n) is 7.20. The normalized spacial score (nSPS) is 14.0. The molecule has 1 aliphatic rings. The van der Waals surface area contributed by atoms with Crippen LogP contribution in [0.1, 0.15) is 48.9 Å². The molecule has 0 N–H and O–H groups in total. The van der Waals surface area contributed by atoms with Crippen LogP contribution in [0.25, 0.3) is 33.3 Å². The van der Waals surface area contributed by atoms with Gasteiger partial charge in [0, 0.05) is 11.3 Å². The molecule has 3 heteroatoms. The molecule has 5 rings (SSSR count). The molecule has 0 amide bonds. The highest BCUT2D eigenvalue weighted by molar-refractivity contribution is 6.05. The van der Waals surface area contributed by atoms with Crippen LogP contribution in [0, 0.1) is 32.7 Å². The van der Waals surface area contributed by atoms with Crippen LogP contribution in [0.5, 0.6) is 0 Å². The first kappa shape index (κ1) is 22.2. The van der Waals surface area contributed by atoms with Gasteiger partial charge in [0.05, 0.1) is 12.2 Å². The van der Waals surface area contributed by atoms with Gasteiger partial charge in [0.2, 0.25) is 0 Å². The first-order chi connectivity index (χ1) is 16.4. The Bertz CT molecular complexity index is 1460. The highest BCUT2D eigenvalue weighted by Crippen LogP contribution is 2.39. The van der Waals surface area contributed by atoms with E-state index in [9.17, 15) is 0 Å². The average molecular weight is 449 g/mol. The molecule has 0 saturated carbocycles. The molecule has 0 radical (unpaired) electrons. The molecule has 0 fully saturated rings. The molecule has 0 atom stereocenters. The quantitative estimate of drug-likeness (QED) is 0.175. The zero-order valence-corrected chi connectivity index (χ0v) is 20.8. The number of rotatable bonds is 5. The van der Waals surface area contributed by atoms with Crippen LogP contribution < -0.4 is 0 Å². The van der Waals surface area contributed by atoms with E-state index in [4.69, 9.17) is 9.40 Å². The molecule has 0 spiro atoms. The molecule has 3 nitrogen and oxygen atoms in total. The third-order valence-corrected chi connectivity index (χ3v) is 7.20. The number of fused-ring (bicyclic) bond motifs is 3. The maximum atomic E-state index is 6.47. The van der Waals surface area contributed by atoms with Gasteiger partial charge in [-0.25, -0.2) is 0 Å². The van der Waals surface area contributed by atoms with Gasteiger partial charge >= 0.3 is 0 Å². The van der Waals surface area contributed by atoms with Crippen molar-refractivity contribution >= 4 is 28.8 Å². The number of allylic oxidation sites excluding steroid dienone is 2. The van der Waals surface area contributed by atoms with Gasteiger partial charge in [-0.15, -0.1) is 6.07 Å². The van der Waals surface area contributed by atoms with Crippen LogP contribution in [0.15, 0.2) is 70.8 Å². The van der Waals surface area contributed by atoms with Gasteiger partial charge in [-0.1, -0.05) is 81.2 Å². The van der Waals surface area contributed by atoms with Crippen molar-refractivity contribution in [2.75, 3.05) is 0 Å². The van der Waals surface area contributed by atoms with E-state index in [1.807, 2.05) is 4.58 Å². The maximum Gasteiger partial charge on any atom is 0.285 e. The predicted octanol–water partition coefficient (Wildman–Crippen LogP) is 8.06. The first-order valence-electron chi connectivity index (χ1n) is 12.2. The average Bonchev–Trinajstić information content (AvgIpc) is 3.19. The minimum atomic E-state index is 0.539. The summed E-state index contributed by atoms with van der Waals surface area (Å²) in [7, 11) is 0. The summed E-state index contributed by atoms with van der Waals surface area (Å²) >= 11 is 0. The van der Waals surface area contributed by atoms with Crippen LogP contribution >= 0.6 is 0 Å². The molecule has 34 heavy (non-hydrogen) atoms. The summed E-state index contributed by atoms with van der Waals surface area (Å²) in [6.45, 7) is 15.2. The van der Waals surface area contributed by atoms with E-state index in [0.29, 0.717) is 5.92 Å². The van der Waals surface area contributed by atoms with Crippen LogP contribution in [0.3, 0.4) is 0 Å². The highest BCUT2D eigenvalue weighted by Gasteiger charge is 2.27. The van der Waals surface area contributed by atoms with Crippen LogP contribution in [0.2, 0.25) is 0 Å². The van der Waals surface area contributed by atoms with Crippen molar-refractivity contribution < 1.29 is 8.99 Å². The Kier molecular flexibility index (Phi) is 5.65. The Balaban J connectivity index is 1.71. The molecule has 2 aromatic carbocycles. The summed E-state index contributed by atoms with van der Waals surface area (Å²) in [5.74, 6) is 0.539. The molecular formula is C31H32N2O. The largest absolute Gasteiger partial charge is 0.303 e. The van der Waals surface area contributed by atoms with E-state index in [2.05, 4.69) is 102 Å². The van der Waals surface area contributed by atoms with Gasteiger partial charge in [0.1, 0.15) is 6.20 Å². The van der Waals surface area contributed by atoms with E-state index in [1.165, 1.54) is 27.8 Å². The van der Waals surface area contributed by atoms with Crippen molar-refractivity contribution in [1.29, 1.82) is 0 Å². The zero-order valence-electron chi connectivity index (χ0n) is 20.8. The molecule has 4 aromatic rings. The maximum absolute atomic E-state index is 6.47. The second-order valence-corrected chi connectivity index (χ2v) is 9.37. The molecule has 0 bridgehead atoms. The van der Waals surface area contributed by atoms with Crippen molar-refractivity contribution in [3.05, 3.63) is 94.7 Å². The molecule has 3 heterocycles. The topological polar surface area (TPSA) is 27.2 Å². The zero-order chi connectivity index (χ0) is 24.0. The number of pyridine rings is 1. The number of furan rings is 1. The van der Waals surface area contributed by atoms with Crippen LogP contribution in [0.4, 0.5) is 0 Å². The smallest absolute Gasteiger partial charge is 0.285 e.